The second kappa shape index (κ2) is 7.21. The lowest BCUT2D eigenvalue weighted by atomic mass is 10.0. The lowest BCUT2D eigenvalue weighted by Crippen LogP contribution is -2.20. The zero-order valence-electron chi connectivity index (χ0n) is 11.1. The summed E-state index contributed by atoms with van der Waals surface area (Å²) >= 11 is 3.21. The Kier molecular flexibility index (Phi) is 5.32. The second-order valence-corrected chi connectivity index (χ2v) is 5.03. The summed E-state index contributed by atoms with van der Waals surface area (Å²) in [6.07, 6.45) is -0.638. The van der Waals surface area contributed by atoms with Crippen molar-refractivity contribution in [1.29, 1.82) is 0 Å². The number of methoxy groups -OCH3 is 1. The summed E-state index contributed by atoms with van der Waals surface area (Å²) in [5.74, 6) is 0.611. The van der Waals surface area contributed by atoms with E-state index in [1.807, 2.05) is 0 Å². The molecule has 0 aliphatic heterocycles. The average molecular weight is 355 g/mol. The minimum absolute atomic E-state index is 0.609. The summed E-state index contributed by atoms with van der Waals surface area (Å²) in [4.78, 5) is 2.65. The van der Waals surface area contributed by atoms with Gasteiger partial charge in [-0.05, 0) is 27.0 Å². The van der Waals surface area contributed by atoms with Crippen LogP contribution in [0.3, 0.4) is 0 Å². The number of hydrogen-bond acceptors (Lipinski definition) is 4. The molecule has 1 heterocycles. The van der Waals surface area contributed by atoms with Crippen molar-refractivity contribution >= 4 is 15.9 Å². The number of azide groups is 1. The van der Waals surface area contributed by atoms with Crippen LogP contribution in [0.25, 0.3) is 21.8 Å². The van der Waals surface area contributed by atoms with E-state index in [-0.39, 0.29) is 0 Å². The first-order chi connectivity index (χ1) is 10.2. The molecule has 0 aliphatic rings. The zero-order chi connectivity index (χ0) is 15.2. The first-order valence-electron chi connectivity index (χ1n) is 6.05. The fraction of sp³-hybridized carbons (Fsp3) is 0.308. The quantitative estimate of drug-likeness (QED) is 0.436. The van der Waals surface area contributed by atoms with Crippen LogP contribution in [0, 0.1) is 0 Å². The van der Waals surface area contributed by atoms with Crippen molar-refractivity contribution in [3.05, 3.63) is 50.9 Å². The molecular weight excluding hydrogens is 343 g/mol. The summed E-state index contributed by atoms with van der Waals surface area (Å²) in [5, 5.41) is 7.16. The van der Waals surface area contributed by atoms with Crippen LogP contribution in [0.1, 0.15) is 11.7 Å². The lowest BCUT2D eigenvalue weighted by Gasteiger charge is -2.20. The van der Waals surface area contributed by atoms with Crippen LogP contribution in [-0.2, 0) is 4.74 Å². The van der Waals surface area contributed by atoms with Crippen LogP contribution in [0.5, 0.6) is 0 Å². The van der Waals surface area contributed by atoms with E-state index in [2.05, 4.69) is 31.1 Å². The molecule has 0 unspecified atom stereocenters. The Hall–Kier alpha value is -1.89. The van der Waals surface area contributed by atoms with Gasteiger partial charge in [-0.3, -0.25) is 4.39 Å². The third-order valence-electron chi connectivity index (χ3n) is 2.97. The molecule has 0 bridgehead atoms. The predicted octanol–water partition coefficient (Wildman–Crippen LogP) is 4.44. The third-order valence-corrected chi connectivity index (χ3v) is 3.34. The molecule has 8 heteroatoms. The van der Waals surface area contributed by atoms with Gasteiger partial charge in [0, 0.05) is 23.7 Å². The highest BCUT2D eigenvalue weighted by Crippen LogP contribution is 2.28. The van der Waals surface area contributed by atoms with Crippen LogP contribution in [-0.4, -0.2) is 25.0 Å². The molecule has 0 fully saturated rings. The van der Waals surface area contributed by atoms with Crippen molar-refractivity contribution in [1.82, 2.24) is 5.16 Å². The summed E-state index contributed by atoms with van der Waals surface area (Å²) in [7, 11) is 1.45. The highest BCUT2D eigenvalue weighted by molar-refractivity contribution is 9.10. The Balaban J connectivity index is 2.26. The standard InChI is InChI=1S/C13H12BrFN4O2/c1-20-13(10(7-15)17-19-16)9-4-2-8(3-5-9)11-6-12(14)18-21-11/h2-6,10,13H,7H2,1H3/t10-,13-/m1/s1. The fourth-order valence-corrected chi connectivity index (χ4v) is 2.26. The van der Waals surface area contributed by atoms with Crippen LogP contribution < -0.4 is 0 Å². The largest absolute Gasteiger partial charge is 0.376 e. The topological polar surface area (TPSA) is 84.0 Å². The van der Waals surface area contributed by atoms with Crippen LogP contribution in [0.4, 0.5) is 4.39 Å². The Bertz CT molecular complexity index is 640. The second-order valence-electron chi connectivity index (χ2n) is 4.22. The maximum atomic E-state index is 12.9. The Morgan fingerprint density at radius 1 is 1.48 bits per heavy atom. The van der Waals surface area contributed by atoms with Crippen molar-refractivity contribution in [3.63, 3.8) is 0 Å². The molecule has 0 saturated carbocycles. The van der Waals surface area contributed by atoms with Gasteiger partial charge in [-0.15, -0.1) is 0 Å². The number of nitrogens with zero attached hydrogens (tertiary/aromatic N) is 4. The maximum Gasteiger partial charge on any atom is 0.168 e. The Morgan fingerprint density at radius 2 is 2.19 bits per heavy atom. The molecule has 2 aromatic rings. The van der Waals surface area contributed by atoms with Gasteiger partial charge in [0.25, 0.3) is 0 Å². The number of alkyl halides is 1. The van der Waals surface area contributed by atoms with Gasteiger partial charge in [-0.25, -0.2) is 0 Å². The molecule has 0 amide bonds. The van der Waals surface area contributed by atoms with Crippen molar-refractivity contribution in [2.24, 2.45) is 5.11 Å². The molecule has 0 radical (unpaired) electrons. The first kappa shape index (κ1) is 15.5. The molecular formula is C13H12BrFN4O2. The number of aromatic nitrogens is 1. The molecule has 110 valence electrons. The fourth-order valence-electron chi connectivity index (χ4n) is 1.98. The number of rotatable bonds is 6. The van der Waals surface area contributed by atoms with E-state index in [4.69, 9.17) is 14.8 Å². The first-order valence-corrected chi connectivity index (χ1v) is 6.84. The highest BCUT2D eigenvalue weighted by atomic mass is 79.9. The van der Waals surface area contributed by atoms with E-state index in [0.29, 0.717) is 10.4 Å². The van der Waals surface area contributed by atoms with Crippen molar-refractivity contribution in [2.75, 3.05) is 13.8 Å². The summed E-state index contributed by atoms with van der Waals surface area (Å²) in [6.45, 7) is -0.792. The minimum Gasteiger partial charge on any atom is -0.376 e. The summed E-state index contributed by atoms with van der Waals surface area (Å²) in [5.41, 5.74) is 10.0. The molecule has 2 atom stereocenters. The predicted molar refractivity (Wildman–Crippen MR) is 78.3 cm³/mol. The van der Waals surface area contributed by atoms with Crippen molar-refractivity contribution in [2.45, 2.75) is 12.1 Å². The third kappa shape index (κ3) is 3.60. The Labute approximate surface area is 128 Å². The lowest BCUT2D eigenvalue weighted by molar-refractivity contribution is 0.0722. The average Bonchev–Trinajstić information content (AvgIpc) is 2.94. The van der Waals surface area contributed by atoms with Gasteiger partial charge in [-0.2, -0.15) is 0 Å². The number of benzene rings is 1. The maximum absolute atomic E-state index is 12.9. The van der Waals surface area contributed by atoms with Gasteiger partial charge < -0.3 is 9.26 Å². The van der Waals surface area contributed by atoms with Gasteiger partial charge in [-0.1, -0.05) is 34.5 Å². The molecule has 0 spiro atoms. The van der Waals surface area contributed by atoms with E-state index in [9.17, 15) is 4.39 Å². The zero-order valence-corrected chi connectivity index (χ0v) is 12.7. The monoisotopic (exact) mass is 354 g/mol. The molecule has 1 aromatic carbocycles. The molecule has 6 nitrogen and oxygen atoms in total. The van der Waals surface area contributed by atoms with Gasteiger partial charge >= 0.3 is 0 Å². The van der Waals surface area contributed by atoms with Crippen LogP contribution in [0.15, 0.2) is 44.6 Å². The van der Waals surface area contributed by atoms with E-state index < -0.39 is 18.8 Å². The van der Waals surface area contributed by atoms with Gasteiger partial charge in [0.1, 0.15) is 11.3 Å². The van der Waals surface area contributed by atoms with E-state index in [1.165, 1.54) is 7.11 Å². The van der Waals surface area contributed by atoms with Crippen molar-refractivity contribution < 1.29 is 13.7 Å². The van der Waals surface area contributed by atoms with Gasteiger partial charge in [0.05, 0.1) is 12.1 Å². The molecule has 2 rings (SSSR count). The number of halogens is 2. The number of hydrogen-bond donors (Lipinski definition) is 0. The smallest absolute Gasteiger partial charge is 0.168 e. The normalized spacial score (nSPS) is 13.5. The molecule has 1 aromatic heterocycles. The number of ether oxygens (including phenoxy) is 1. The van der Waals surface area contributed by atoms with Crippen molar-refractivity contribution in [3.8, 4) is 11.3 Å². The molecule has 0 saturated heterocycles. The molecule has 21 heavy (non-hydrogen) atoms. The van der Waals surface area contributed by atoms with Gasteiger partial charge in [0.15, 0.2) is 5.76 Å². The van der Waals surface area contributed by atoms with Crippen LogP contribution >= 0.6 is 15.9 Å². The van der Waals surface area contributed by atoms with E-state index in [0.717, 1.165) is 11.1 Å². The van der Waals surface area contributed by atoms with Crippen LogP contribution in [0.2, 0.25) is 0 Å². The molecule has 0 N–H and O–H groups in total. The minimum atomic E-state index is -0.898. The summed E-state index contributed by atoms with van der Waals surface area (Å²) < 4.78 is 23.9. The highest BCUT2D eigenvalue weighted by Gasteiger charge is 2.22. The van der Waals surface area contributed by atoms with E-state index in [1.54, 1.807) is 30.3 Å². The van der Waals surface area contributed by atoms with E-state index >= 15 is 0 Å². The van der Waals surface area contributed by atoms with Gasteiger partial charge in [0.2, 0.25) is 0 Å². The summed E-state index contributed by atoms with van der Waals surface area (Å²) in [6, 6.07) is 8.00. The Morgan fingerprint density at radius 3 is 2.67 bits per heavy atom. The molecule has 0 aliphatic carbocycles. The SMILES string of the molecule is CO[C@H](c1ccc(-c2cc(Br)no2)cc1)[C@@H](CF)N=[N+]=[N-].